The molecule has 0 aliphatic heterocycles. The molecule has 5 aromatic carbocycles. The Bertz CT molecular complexity index is 1840. The molecule has 0 amide bonds. The maximum absolute atomic E-state index is 5.15. The standard InChI is InChI=1S/C40H32N2/c1-4-14-28(15-5-1)37-27-38(29-16-6-2-7-17-29)42-39(41-37)33-20-9-8-18-31(33)30-22-23-36-34(26-30)32-19-10-11-21-35(32)40(36)24-12-3-13-25-40/h1-2,4-11,14-23,26-27H,3,12-13,24-25H2. The molecule has 0 unspecified atom stereocenters. The van der Waals surface area contributed by atoms with Crippen molar-refractivity contribution in [1.29, 1.82) is 0 Å². The summed E-state index contributed by atoms with van der Waals surface area (Å²) in [6.07, 6.45) is 6.44. The molecule has 0 saturated heterocycles. The molecular formula is C40H32N2. The molecule has 1 spiro atoms. The highest BCUT2D eigenvalue weighted by molar-refractivity contribution is 5.88. The van der Waals surface area contributed by atoms with Crippen molar-refractivity contribution in [3.63, 3.8) is 0 Å². The molecule has 1 fully saturated rings. The Kier molecular flexibility index (Phi) is 6.07. The summed E-state index contributed by atoms with van der Waals surface area (Å²) >= 11 is 0. The minimum Gasteiger partial charge on any atom is -0.228 e. The molecule has 42 heavy (non-hydrogen) atoms. The van der Waals surface area contributed by atoms with E-state index in [1.807, 2.05) is 12.1 Å². The van der Waals surface area contributed by atoms with Gasteiger partial charge >= 0.3 is 0 Å². The van der Waals surface area contributed by atoms with Gasteiger partial charge in [0.25, 0.3) is 0 Å². The van der Waals surface area contributed by atoms with Crippen molar-refractivity contribution in [2.45, 2.75) is 37.5 Å². The van der Waals surface area contributed by atoms with Gasteiger partial charge in [0.2, 0.25) is 0 Å². The molecule has 0 bridgehead atoms. The van der Waals surface area contributed by atoms with Gasteiger partial charge in [-0.25, -0.2) is 9.97 Å². The first-order valence-corrected chi connectivity index (χ1v) is 15.1. The highest BCUT2D eigenvalue weighted by Crippen LogP contribution is 2.56. The fourth-order valence-electron chi connectivity index (χ4n) is 7.34. The minimum atomic E-state index is 0.167. The zero-order valence-corrected chi connectivity index (χ0v) is 23.6. The van der Waals surface area contributed by atoms with Crippen LogP contribution in [0.5, 0.6) is 0 Å². The van der Waals surface area contributed by atoms with Crippen LogP contribution < -0.4 is 0 Å². The number of nitrogens with zero attached hydrogens (tertiary/aromatic N) is 2. The molecule has 0 radical (unpaired) electrons. The van der Waals surface area contributed by atoms with Crippen LogP contribution in [-0.2, 0) is 5.41 Å². The molecule has 2 aliphatic rings. The number of benzene rings is 5. The van der Waals surface area contributed by atoms with E-state index in [0.29, 0.717) is 0 Å². The summed E-state index contributed by atoms with van der Waals surface area (Å²) in [6.45, 7) is 0. The van der Waals surface area contributed by atoms with Crippen LogP contribution in [0.2, 0.25) is 0 Å². The van der Waals surface area contributed by atoms with Crippen LogP contribution in [0.1, 0.15) is 43.2 Å². The highest BCUT2D eigenvalue weighted by atomic mass is 14.9. The lowest BCUT2D eigenvalue weighted by atomic mass is 9.68. The number of hydrogen-bond donors (Lipinski definition) is 0. The third-order valence-corrected chi connectivity index (χ3v) is 9.32. The van der Waals surface area contributed by atoms with E-state index in [1.165, 1.54) is 59.9 Å². The van der Waals surface area contributed by atoms with Crippen molar-refractivity contribution in [3.05, 3.63) is 145 Å². The van der Waals surface area contributed by atoms with Gasteiger partial charge < -0.3 is 0 Å². The van der Waals surface area contributed by atoms with Crippen molar-refractivity contribution in [2.75, 3.05) is 0 Å². The van der Waals surface area contributed by atoms with Gasteiger partial charge in [0.1, 0.15) is 0 Å². The lowest BCUT2D eigenvalue weighted by Gasteiger charge is -2.36. The Morgan fingerprint density at radius 2 is 0.952 bits per heavy atom. The van der Waals surface area contributed by atoms with Crippen LogP contribution in [0.3, 0.4) is 0 Å². The van der Waals surface area contributed by atoms with Gasteiger partial charge in [-0.1, -0.05) is 141 Å². The molecule has 1 saturated carbocycles. The average molecular weight is 541 g/mol. The second-order valence-corrected chi connectivity index (χ2v) is 11.7. The normalized spacial score (nSPS) is 14.9. The summed E-state index contributed by atoms with van der Waals surface area (Å²) in [5.74, 6) is 0.746. The van der Waals surface area contributed by atoms with Gasteiger partial charge in [0, 0.05) is 22.1 Å². The van der Waals surface area contributed by atoms with Gasteiger partial charge in [0.05, 0.1) is 11.4 Å². The molecule has 8 rings (SSSR count). The third-order valence-electron chi connectivity index (χ3n) is 9.32. The third kappa shape index (κ3) is 4.10. The van der Waals surface area contributed by atoms with Crippen molar-refractivity contribution >= 4 is 0 Å². The second-order valence-electron chi connectivity index (χ2n) is 11.7. The summed E-state index contributed by atoms with van der Waals surface area (Å²) in [6, 6.07) is 47.8. The average Bonchev–Trinajstić information content (AvgIpc) is 3.34. The van der Waals surface area contributed by atoms with E-state index >= 15 is 0 Å². The molecule has 1 heterocycles. The number of hydrogen-bond acceptors (Lipinski definition) is 2. The summed E-state index contributed by atoms with van der Waals surface area (Å²) in [4.78, 5) is 10.3. The lowest BCUT2D eigenvalue weighted by Crippen LogP contribution is -2.27. The molecule has 202 valence electrons. The van der Waals surface area contributed by atoms with E-state index < -0.39 is 0 Å². The molecule has 6 aromatic rings. The fourth-order valence-corrected chi connectivity index (χ4v) is 7.34. The Hall–Kier alpha value is -4.82. The van der Waals surface area contributed by atoms with Crippen LogP contribution >= 0.6 is 0 Å². The van der Waals surface area contributed by atoms with Gasteiger partial charge in [-0.3, -0.25) is 0 Å². The topological polar surface area (TPSA) is 25.8 Å². The van der Waals surface area contributed by atoms with E-state index in [-0.39, 0.29) is 5.41 Å². The minimum absolute atomic E-state index is 0.167. The Labute approximate surface area is 247 Å². The molecule has 1 aromatic heterocycles. The first-order chi connectivity index (χ1) is 20.8. The van der Waals surface area contributed by atoms with Gasteiger partial charge in [-0.2, -0.15) is 0 Å². The lowest BCUT2D eigenvalue weighted by molar-refractivity contribution is 0.353. The summed E-state index contributed by atoms with van der Waals surface area (Å²) in [7, 11) is 0. The van der Waals surface area contributed by atoms with Crippen molar-refractivity contribution in [1.82, 2.24) is 9.97 Å². The fraction of sp³-hybridized carbons (Fsp3) is 0.150. The number of rotatable bonds is 4. The molecule has 2 heteroatoms. The quantitative estimate of drug-likeness (QED) is 0.222. The van der Waals surface area contributed by atoms with Crippen molar-refractivity contribution < 1.29 is 0 Å². The van der Waals surface area contributed by atoms with E-state index in [2.05, 4.69) is 121 Å². The predicted octanol–water partition coefficient (Wildman–Crippen LogP) is 10.4. The van der Waals surface area contributed by atoms with Gasteiger partial charge in [-0.15, -0.1) is 0 Å². The first-order valence-electron chi connectivity index (χ1n) is 15.1. The van der Waals surface area contributed by atoms with Crippen LogP contribution in [0.25, 0.3) is 56.2 Å². The second kappa shape index (κ2) is 10.2. The van der Waals surface area contributed by atoms with Gasteiger partial charge in [0.15, 0.2) is 5.82 Å². The molecule has 2 aliphatic carbocycles. The van der Waals surface area contributed by atoms with Crippen LogP contribution in [0, 0.1) is 0 Å². The van der Waals surface area contributed by atoms with Crippen molar-refractivity contribution in [2.24, 2.45) is 0 Å². The van der Waals surface area contributed by atoms with Crippen LogP contribution in [0.15, 0.2) is 133 Å². The molecule has 2 nitrogen and oxygen atoms in total. The summed E-state index contributed by atoms with van der Waals surface area (Å²) in [5, 5.41) is 0. The van der Waals surface area contributed by atoms with E-state index in [0.717, 1.165) is 39.5 Å². The molecule has 0 atom stereocenters. The predicted molar refractivity (Wildman–Crippen MR) is 173 cm³/mol. The van der Waals surface area contributed by atoms with Crippen molar-refractivity contribution in [3.8, 4) is 56.2 Å². The maximum atomic E-state index is 5.15. The zero-order chi connectivity index (χ0) is 27.9. The number of fused-ring (bicyclic) bond motifs is 5. The summed E-state index contributed by atoms with van der Waals surface area (Å²) in [5.41, 5.74) is 13.4. The van der Waals surface area contributed by atoms with Crippen LogP contribution in [0.4, 0.5) is 0 Å². The SMILES string of the molecule is c1ccc(-c2cc(-c3ccccc3)nc(-c3ccccc3-c3ccc4c(c3)-c3ccccc3C43CCCCC3)n2)cc1. The van der Waals surface area contributed by atoms with E-state index in [9.17, 15) is 0 Å². The smallest absolute Gasteiger partial charge is 0.161 e. The largest absolute Gasteiger partial charge is 0.228 e. The van der Waals surface area contributed by atoms with E-state index in [1.54, 1.807) is 0 Å². The maximum Gasteiger partial charge on any atom is 0.161 e. The molecule has 0 N–H and O–H groups in total. The monoisotopic (exact) mass is 540 g/mol. The summed E-state index contributed by atoms with van der Waals surface area (Å²) < 4.78 is 0. The zero-order valence-electron chi connectivity index (χ0n) is 23.6. The van der Waals surface area contributed by atoms with Crippen LogP contribution in [-0.4, -0.2) is 9.97 Å². The number of aromatic nitrogens is 2. The first kappa shape index (κ1) is 24.9. The Balaban J connectivity index is 1.30. The Morgan fingerprint density at radius 1 is 0.405 bits per heavy atom. The van der Waals surface area contributed by atoms with E-state index in [4.69, 9.17) is 9.97 Å². The Morgan fingerprint density at radius 3 is 1.62 bits per heavy atom. The van der Waals surface area contributed by atoms with Gasteiger partial charge in [-0.05, 0) is 58.4 Å². The highest BCUT2D eigenvalue weighted by Gasteiger charge is 2.43. The molecular weight excluding hydrogens is 508 g/mol.